The number of thiazole rings is 1. The van der Waals surface area contributed by atoms with E-state index in [4.69, 9.17) is 14.5 Å². The van der Waals surface area contributed by atoms with Crippen molar-refractivity contribution in [3.63, 3.8) is 0 Å². The first-order chi connectivity index (χ1) is 18.2. The normalized spacial score (nSPS) is 22.2. The Balaban J connectivity index is 1.02. The van der Waals surface area contributed by atoms with E-state index in [0.717, 1.165) is 69.9 Å². The van der Waals surface area contributed by atoms with Crippen molar-refractivity contribution in [1.82, 2.24) is 15.2 Å². The minimum Gasteiger partial charge on any atom is -0.486 e. The van der Waals surface area contributed by atoms with Gasteiger partial charge in [-0.05, 0) is 94.5 Å². The number of amides is 1. The summed E-state index contributed by atoms with van der Waals surface area (Å²) in [6.45, 7) is 6.47. The minimum atomic E-state index is 0.106. The van der Waals surface area contributed by atoms with Crippen LogP contribution in [0.25, 0.3) is 0 Å². The fraction of sp³-hybridized carbons (Fsp3) is 0.655. The molecule has 2 unspecified atom stereocenters. The number of aryl methyl sites for hydroxylation is 2. The molecule has 4 heterocycles. The molecule has 8 heteroatoms. The zero-order valence-electron chi connectivity index (χ0n) is 21.9. The molecule has 1 amide bonds. The molecule has 1 aromatic heterocycles. The molecule has 2 aromatic rings. The third-order valence-electron chi connectivity index (χ3n) is 8.30. The van der Waals surface area contributed by atoms with Crippen molar-refractivity contribution in [1.29, 1.82) is 0 Å². The van der Waals surface area contributed by atoms with E-state index in [1.54, 1.807) is 0 Å². The van der Waals surface area contributed by atoms with E-state index in [1.807, 2.05) is 17.4 Å². The Morgan fingerprint density at radius 2 is 1.92 bits per heavy atom. The number of nitrogens with one attached hydrogen (secondary N) is 1. The van der Waals surface area contributed by atoms with Gasteiger partial charge in [-0.3, -0.25) is 4.79 Å². The Bertz CT molecular complexity index is 1060. The average molecular weight is 525 g/mol. The largest absolute Gasteiger partial charge is 0.486 e. The van der Waals surface area contributed by atoms with Gasteiger partial charge in [0.25, 0.3) is 0 Å². The van der Waals surface area contributed by atoms with Crippen LogP contribution in [-0.2, 0) is 24.1 Å². The highest BCUT2D eigenvalue weighted by molar-refractivity contribution is 7.15. The molecule has 0 bridgehead atoms. The molecule has 2 fully saturated rings. The number of nitrogens with zero attached hydrogens (tertiary/aromatic N) is 3. The molecule has 2 atom stereocenters. The zero-order valence-corrected chi connectivity index (χ0v) is 22.7. The number of fused-ring (bicyclic) bond motifs is 2. The number of hydrogen-bond acceptors (Lipinski definition) is 7. The first kappa shape index (κ1) is 25.0. The van der Waals surface area contributed by atoms with Crippen molar-refractivity contribution in [3.8, 4) is 11.5 Å². The van der Waals surface area contributed by atoms with Crippen molar-refractivity contribution in [2.75, 3.05) is 50.8 Å². The summed E-state index contributed by atoms with van der Waals surface area (Å²) < 4.78 is 11.5. The van der Waals surface area contributed by atoms with Gasteiger partial charge in [0.15, 0.2) is 16.6 Å². The summed E-state index contributed by atoms with van der Waals surface area (Å²) in [6.07, 6.45) is 11.0. The van der Waals surface area contributed by atoms with Gasteiger partial charge in [-0.15, -0.1) is 11.3 Å². The van der Waals surface area contributed by atoms with Crippen molar-refractivity contribution >= 4 is 22.4 Å². The van der Waals surface area contributed by atoms with Crippen LogP contribution in [0.3, 0.4) is 0 Å². The van der Waals surface area contributed by atoms with Crippen LogP contribution in [0, 0.1) is 5.92 Å². The lowest BCUT2D eigenvalue weighted by Gasteiger charge is -2.26. The van der Waals surface area contributed by atoms with E-state index >= 15 is 0 Å². The maximum Gasteiger partial charge on any atom is 0.220 e. The Kier molecular flexibility index (Phi) is 7.83. The molecule has 37 heavy (non-hydrogen) atoms. The smallest absolute Gasteiger partial charge is 0.220 e. The first-order valence-electron chi connectivity index (χ1n) is 14.3. The Hall–Kier alpha value is -2.32. The monoisotopic (exact) mass is 524 g/mol. The van der Waals surface area contributed by atoms with Gasteiger partial charge in [0.2, 0.25) is 5.91 Å². The maximum absolute atomic E-state index is 13.1. The van der Waals surface area contributed by atoms with Crippen LogP contribution in [0.4, 0.5) is 5.13 Å². The molecule has 7 nitrogen and oxygen atoms in total. The molecular formula is C29H40N4O3S. The highest BCUT2D eigenvalue weighted by Crippen LogP contribution is 2.35. The Morgan fingerprint density at radius 3 is 2.78 bits per heavy atom. The zero-order chi connectivity index (χ0) is 25.0. The molecular weight excluding hydrogens is 484 g/mol. The Morgan fingerprint density at radius 1 is 1.08 bits per heavy atom. The third kappa shape index (κ3) is 6.23. The van der Waals surface area contributed by atoms with Crippen LogP contribution in [0.5, 0.6) is 11.5 Å². The second kappa shape index (κ2) is 11.6. The van der Waals surface area contributed by atoms with E-state index in [2.05, 4.69) is 27.2 Å². The lowest BCUT2D eigenvalue weighted by Crippen LogP contribution is -2.44. The van der Waals surface area contributed by atoms with Crippen molar-refractivity contribution < 1.29 is 14.3 Å². The fourth-order valence-corrected chi connectivity index (χ4v) is 7.47. The summed E-state index contributed by atoms with van der Waals surface area (Å²) in [5.74, 6) is 2.40. The highest BCUT2D eigenvalue weighted by Gasteiger charge is 2.27. The number of carbonyl (C=O) groups is 1. The van der Waals surface area contributed by atoms with Gasteiger partial charge in [0.05, 0.1) is 5.69 Å². The van der Waals surface area contributed by atoms with Gasteiger partial charge < -0.3 is 24.6 Å². The number of carbonyl (C=O) groups excluding carboxylic acids is 1. The van der Waals surface area contributed by atoms with E-state index < -0.39 is 0 Å². The maximum atomic E-state index is 13.1. The predicted molar refractivity (Wildman–Crippen MR) is 147 cm³/mol. The predicted octanol–water partition coefficient (Wildman–Crippen LogP) is 4.22. The second-order valence-electron chi connectivity index (χ2n) is 11.2. The molecule has 2 saturated heterocycles. The summed E-state index contributed by atoms with van der Waals surface area (Å²) in [5, 5.41) is 4.61. The van der Waals surface area contributed by atoms with Crippen LogP contribution >= 0.6 is 11.3 Å². The van der Waals surface area contributed by atoms with Gasteiger partial charge in [0, 0.05) is 37.0 Å². The number of benzene rings is 1. The quantitative estimate of drug-likeness (QED) is 0.530. The number of ether oxygens (including phenoxy) is 2. The number of likely N-dealkylation sites (tertiary alicyclic amines) is 1. The van der Waals surface area contributed by atoms with Crippen LogP contribution in [0.1, 0.15) is 61.1 Å². The van der Waals surface area contributed by atoms with Gasteiger partial charge in [0.1, 0.15) is 13.2 Å². The van der Waals surface area contributed by atoms with Gasteiger partial charge in [-0.2, -0.15) is 0 Å². The van der Waals surface area contributed by atoms with E-state index in [9.17, 15) is 4.79 Å². The van der Waals surface area contributed by atoms with Crippen molar-refractivity contribution in [3.05, 3.63) is 34.3 Å². The minimum absolute atomic E-state index is 0.106. The number of hydrogen-bond donors (Lipinski definition) is 1. The lowest BCUT2D eigenvalue weighted by atomic mass is 10.0. The van der Waals surface area contributed by atoms with Crippen LogP contribution in [0.2, 0.25) is 0 Å². The molecule has 1 aromatic carbocycles. The standard InChI is InChI=1S/C29H40N4O3S/c34-28(10-8-21-11-14-33(19-21)29-31-24-5-1-2-6-27(24)37-29)30-23(20-32-12-3-4-13-32)17-22-7-9-25-26(18-22)36-16-15-35-25/h7,9,18,21,23H,1-6,8,10-17,19-20H2,(H,30,34). The van der Waals surface area contributed by atoms with Gasteiger partial charge >= 0.3 is 0 Å². The molecule has 4 aliphatic rings. The lowest BCUT2D eigenvalue weighted by molar-refractivity contribution is -0.122. The summed E-state index contributed by atoms with van der Waals surface area (Å²) in [6, 6.07) is 6.31. The number of aromatic nitrogens is 1. The first-order valence-corrected chi connectivity index (χ1v) is 15.1. The topological polar surface area (TPSA) is 66.9 Å². The van der Waals surface area contributed by atoms with E-state index in [-0.39, 0.29) is 11.9 Å². The van der Waals surface area contributed by atoms with E-state index in [1.165, 1.54) is 53.4 Å². The number of anilines is 1. The van der Waals surface area contributed by atoms with Crippen LogP contribution in [-0.4, -0.2) is 67.8 Å². The molecule has 1 N–H and O–H groups in total. The number of rotatable bonds is 9. The molecule has 0 radical (unpaired) electrons. The molecule has 1 aliphatic carbocycles. The van der Waals surface area contributed by atoms with Gasteiger partial charge in [-0.25, -0.2) is 4.98 Å². The molecule has 200 valence electrons. The summed E-state index contributed by atoms with van der Waals surface area (Å²) in [7, 11) is 0. The summed E-state index contributed by atoms with van der Waals surface area (Å²) >= 11 is 1.91. The van der Waals surface area contributed by atoms with Crippen molar-refractivity contribution in [2.45, 2.75) is 70.3 Å². The van der Waals surface area contributed by atoms with Gasteiger partial charge in [-0.1, -0.05) is 6.07 Å². The highest BCUT2D eigenvalue weighted by atomic mass is 32.1. The van der Waals surface area contributed by atoms with E-state index in [0.29, 0.717) is 25.6 Å². The second-order valence-corrected chi connectivity index (χ2v) is 12.2. The molecule has 0 spiro atoms. The average Bonchev–Trinajstić information content (AvgIpc) is 3.68. The van der Waals surface area contributed by atoms with Crippen LogP contribution < -0.4 is 19.7 Å². The molecule has 0 saturated carbocycles. The third-order valence-corrected chi connectivity index (χ3v) is 9.52. The van der Waals surface area contributed by atoms with Crippen LogP contribution in [0.15, 0.2) is 18.2 Å². The Labute approximate surface area is 224 Å². The van der Waals surface area contributed by atoms with Crippen molar-refractivity contribution in [2.24, 2.45) is 5.92 Å². The summed E-state index contributed by atoms with van der Waals surface area (Å²) in [4.78, 5) is 24.5. The molecule has 6 rings (SSSR count). The molecule has 3 aliphatic heterocycles. The summed E-state index contributed by atoms with van der Waals surface area (Å²) in [5.41, 5.74) is 2.53. The fourth-order valence-electron chi connectivity index (χ4n) is 6.29. The SMILES string of the molecule is O=C(CCC1CCN(c2nc3c(s2)CCCC3)C1)NC(Cc1ccc2c(c1)OCCO2)CN1CCCC1.